The lowest BCUT2D eigenvalue weighted by Gasteiger charge is -2.37. The summed E-state index contributed by atoms with van der Waals surface area (Å²) in [5.74, 6) is -2.57. The number of methoxy groups -OCH3 is 3. The van der Waals surface area contributed by atoms with Crippen LogP contribution in [0.2, 0.25) is 0 Å². The largest absolute Gasteiger partial charge is 0.453 e. The number of imidazole rings is 2. The molecule has 17 heteroatoms. The van der Waals surface area contributed by atoms with Crippen LogP contribution in [-0.2, 0) is 29.7 Å². The lowest BCUT2D eigenvalue weighted by molar-refractivity contribution is -0.141. The summed E-state index contributed by atoms with van der Waals surface area (Å²) >= 11 is 0. The van der Waals surface area contributed by atoms with E-state index in [1.807, 2.05) is 35.2 Å². The number of rotatable bonds is 11. The second kappa shape index (κ2) is 17.3. The van der Waals surface area contributed by atoms with E-state index < -0.39 is 42.3 Å². The molecule has 10 rings (SSSR count). The molecule has 2 saturated heterocycles. The third-order valence-electron chi connectivity index (χ3n) is 14.1. The van der Waals surface area contributed by atoms with E-state index >= 15 is 8.78 Å². The maximum atomic E-state index is 16.7. The zero-order valence-electron chi connectivity index (χ0n) is 37.3. The quantitative estimate of drug-likeness (QED) is 0.0993. The van der Waals surface area contributed by atoms with Gasteiger partial charge < -0.3 is 44.6 Å². The van der Waals surface area contributed by atoms with Crippen LogP contribution in [0.15, 0.2) is 91.1 Å². The maximum Gasteiger partial charge on any atom is 0.407 e. The van der Waals surface area contributed by atoms with Crippen LogP contribution in [0.1, 0.15) is 85.5 Å². The van der Waals surface area contributed by atoms with E-state index in [2.05, 4.69) is 20.6 Å². The first-order chi connectivity index (χ1) is 32.4. The predicted octanol–water partition coefficient (Wildman–Crippen LogP) is 8.31. The number of piperidine rings is 1. The number of halogens is 2. The van der Waals surface area contributed by atoms with Crippen molar-refractivity contribution in [1.29, 1.82) is 0 Å². The van der Waals surface area contributed by atoms with Crippen LogP contribution in [0, 0.1) is 5.92 Å². The number of hydrogen-bond donors (Lipinski definition) is 4. The molecule has 346 valence electrons. The second-order valence-corrected chi connectivity index (χ2v) is 17.8. The molecule has 2 aliphatic heterocycles. The molecule has 1 saturated carbocycles. The smallest absolute Gasteiger partial charge is 0.407 e. The van der Waals surface area contributed by atoms with Crippen molar-refractivity contribution in [3.8, 4) is 33.5 Å². The Morgan fingerprint density at radius 3 is 2.21 bits per heavy atom. The Bertz CT molecular complexity index is 2900. The predicted molar refractivity (Wildman–Crippen MR) is 242 cm³/mol. The van der Waals surface area contributed by atoms with E-state index in [1.165, 1.54) is 27.4 Å². The van der Waals surface area contributed by atoms with Gasteiger partial charge in [-0.2, -0.15) is 8.78 Å². The van der Waals surface area contributed by atoms with Gasteiger partial charge in [0, 0.05) is 42.6 Å². The maximum absolute atomic E-state index is 16.7. The normalized spacial score (nSPS) is 21.4. The number of alkyl carbamates (subject to hydrolysis) is 2. The van der Waals surface area contributed by atoms with Gasteiger partial charge in [0.15, 0.2) is 0 Å². The molecular formula is C50H50F2N8O7. The minimum Gasteiger partial charge on any atom is -0.453 e. The first-order valence-electron chi connectivity index (χ1n) is 22.5. The minimum absolute atomic E-state index is 0.0136. The van der Waals surface area contributed by atoms with E-state index in [0.29, 0.717) is 75.6 Å². The van der Waals surface area contributed by atoms with Crippen LogP contribution in [0.5, 0.6) is 0 Å². The third kappa shape index (κ3) is 7.64. The van der Waals surface area contributed by atoms with Gasteiger partial charge in [-0.15, -0.1) is 0 Å². The van der Waals surface area contributed by atoms with E-state index in [-0.39, 0.29) is 40.9 Å². The number of benzene rings is 4. The number of ether oxygens (including phenoxy) is 3. The van der Waals surface area contributed by atoms with Gasteiger partial charge in [0.05, 0.1) is 49.1 Å². The molecule has 15 nitrogen and oxygen atoms in total. The molecule has 4 aromatic carbocycles. The summed E-state index contributed by atoms with van der Waals surface area (Å²) in [4.78, 5) is 72.7. The molecule has 0 radical (unpaired) electrons. The number of carbonyl (C=O) groups is 4. The summed E-state index contributed by atoms with van der Waals surface area (Å²) in [5, 5.41) is 5.32. The van der Waals surface area contributed by atoms with Gasteiger partial charge in [0.2, 0.25) is 5.91 Å². The van der Waals surface area contributed by atoms with Crippen molar-refractivity contribution in [3.63, 3.8) is 0 Å². The zero-order chi connectivity index (χ0) is 46.7. The molecule has 4 aliphatic rings. The Kier molecular flexibility index (Phi) is 11.3. The standard InChI is InChI=1S/C50H50F2N8O7/c1-26(65-2)41(57-48(63)66-3)47(62)60-32-16-12-31(21-32)43(60)45-54-37-19-15-29(24-38(37)55-45)28-13-17-33-34-18-14-30(23-36(34)50(51,52)35(33)22-28)39-25-53-44(56-39)40-11-8-20-59(40)46(61)42(58-49(64)67-4)27-9-6-5-7-10-27/h5-7,9-10,13-15,17-19,22-26,31-32,40-43H,8,11-12,16,20-21H2,1-4H3,(H,53,56)(H,54,55)(H,57,63)(H,58,64)/t26-,31+,32-,40?,41?,42-,43+/m1/s1. The van der Waals surface area contributed by atoms with Crippen molar-refractivity contribution in [2.75, 3.05) is 27.9 Å². The average Bonchev–Trinajstić information content (AvgIpc) is 4.23. The molecule has 2 aromatic heterocycles. The number of amides is 4. The highest BCUT2D eigenvalue weighted by Gasteiger charge is 2.52. The van der Waals surface area contributed by atoms with Crippen LogP contribution in [0.3, 0.4) is 0 Å². The number of hydrogen-bond acceptors (Lipinski definition) is 9. The highest BCUT2D eigenvalue weighted by molar-refractivity contribution is 5.90. The molecule has 7 atom stereocenters. The number of likely N-dealkylation sites (tertiary alicyclic amines) is 2. The van der Waals surface area contributed by atoms with Crippen LogP contribution in [0.25, 0.3) is 44.5 Å². The van der Waals surface area contributed by atoms with Crippen molar-refractivity contribution in [3.05, 3.63) is 119 Å². The van der Waals surface area contributed by atoms with Gasteiger partial charge >= 0.3 is 12.2 Å². The van der Waals surface area contributed by atoms with Crippen LogP contribution in [0.4, 0.5) is 18.4 Å². The van der Waals surface area contributed by atoms with Crippen LogP contribution >= 0.6 is 0 Å². The Hall–Kier alpha value is -7.14. The molecule has 3 fully saturated rings. The first-order valence-corrected chi connectivity index (χ1v) is 22.5. The Labute approximate surface area is 384 Å². The SMILES string of the molecule is COC(=O)NC(C(=O)N1[C@@H]2CC[C@@H](C2)[C@H]1c1nc2ccc(-c3ccc4c(c3)C(F)(F)c3cc(-c5c[nH]c(C6CCCN6C(=O)[C@H](NC(=O)OC)c6ccccc6)n5)ccc3-4)cc2[nH]1)[C@@H](C)OC. The Balaban J connectivity index is 0.886. The molecule has 4 N–H and O–H groups in total. The Morgan fingerprint density at radius 2 is 1.48 bits per heavy atom. The monoisotopic (exact) mass is 912 g/mol. The summed E-state index contributed by atoms with van der Waals surface area (Å²) in [6.45, 7) is 2.17. The Morgan fingerprint density at radius 1 is 0.791 bits per heavy atom. The number of H-pyrrole nitrogens is 2. The first kappa shape index (κ1) is 43.7. The zero-order valence-corrected chi connectivity index (χ0v) is 37.3. The van der Waals surface area contributed by atoms with Crippen LogP contribution in [-0.4, -0.2) is 99.8 Å². The average molecular weight is 913 g/mol. The topological polar surface area (TPSA) is 184 Å². The van der Waals surface area contributed by atoms with Gasteiger partial charge in [-0.05, 0) is 97.0 Å². The number of alkyl halides is 2. The van der Waals surface area contributed by atoms with Crippen molar-refractivity contribution >= 4 is 35.0 Å². The van der Waals surface area contributed by atoms with Gasteiger partial charge in [-0.3, -0.25) is 9.59 Å². The van der Waals surface area contributed by atoms with Crippen molar-refractivity contribution in [2.24, 2.45) is 5.92 Å². The fraction of sp³-hybridized carbons (Fsp3) is 0.360. The van der Waals surface area contributed by atoms with Gasteiger partial charge in [0.1, 0.15) is 23.7 Å². The number of aromatic nitrogens is 4. The molecule has 2 aliphatic carbocycles. The summed E-state index contributed by atoms with van der Waals surface area (Å²) in [6, 6.07) is 21.9. The fourth-order valence-electron chi connectivity index (χ4n) is 10.7. The van der Waals surface area contributed by atoms with E-state index in [0.717, 1.165) is 24.8 Å². The van der Waals surface area contributed by atoms with Gasteiger partial charge in [0.25, 0.3) is 11.8 Å². The molecule has 0 spiro atoms. The van der Waals surface area contributed by atoms with E-state index in [9.17, 15) is 19.2 Å². The van der Waals surface area contributed by atoms with Crippen molar-refractivity contribution in [1.82, 2.24) is 40.4 Å². The molecule has 2 unspecified atom stereocenters. The number of aromatic amines is 2. The van der Waals surface area contributed by atoms with E-state index in [1.54, 1.807) is 66.6 Å². The molecule has 2 bridgehead atoms. The number of fused-ring (bicyclic) bond motifs is 6. The summed E-state index contributed by atoms with van der Waals surface area (Å²) in [6.07, 6.45) is 3.53. The summed E-state index contributed by atoms with van der Waals surface area (Å²) in [5.41, 5.74) is 4.93. The minimum atomic E-state index is -3.31. The van der Waals surface area contributed by atoms with Gasteiger partial charge in [-0.1, -0.05) is 60.7 Å². The lowest BCUT2D eigenvalue weighted by Crippen LogP contribution is -2.56. The molecule has 4 heterocycles. The van der Waals surface area contributed by atoms with Crippen molar-refractivity contribution < 1.29 is 42.2 Å². The lowest BCUT2D eigenvalue weighted by atomic mass is 9.97. The number of nitrogens with one attached hydrogen (secondary N) is 4. The fourth-order valence-corrected chi connectivity index (χ4v) is 10.7. The van der Waals surface area contributed by atoms with Crippen molar-refractivity contribution in [2.45, 2.75) is 81.3 Å². The number of nitrogens with zero attached hydrogens (tertiary/aromatic N) is 4. The molecular weight excluding hydrogens is 863 g/mol. The summed E-state index contributed by atoms with van der Waals surface area (Å²) in [7, 11) is 3.97. The molecule has 4 amide bonds. The van der Waals surface area contributed by atoms with E-state index in [4.69, 9.17) is 24.2 Å². The van der Waals surface area contributed by atoms with Gasteiger partial charge in [-0.25, -0.2) is 19.6 Å². The molecule has 6 aromatic rings. The third-order valence-corrected chi connectivity index (χ3v) is 14.1. The van der Waals surface area contributed by atoms with Crippen LogP contribution < -0.4 is 10.6 Å². The molecule has 67 heavy (non-hydrogen) atoms. The summed E-state index contributed by atoms with van der Waals surface area (Å²) < 4.78 is 48.5. The number of carbonyl (C=O) groups excluding carboxylic acids is 4. The highest BCUT2D eigenvalue weighted by Crippen LogP contribution is 2.53. The highest BCUT2D eigenvalue weighted by atomic mass is 19.3. The second-order valence-electron chi connectivity index (χ2n) is 17.8.